The van der Waals surface area contributed by atoms with E-state index in [4.69, 9.17) is 10.2 Å². The van der Waals surface area contributed by atoms with E-state index in [2.05, 4.69) is 30.9 Å². The van der Waals surface area contributed by atoms with Crippen LogP contribution >= 0.6 is 0 Å². The fourth-order valence-corrected chi connectivity index (χ4v) is 3.06. The van der Waals surface area contributed by atoms with Crippen LogP contribution in [0, 0.1) is 13.8 Å². The van der Waals surface area contributed by atoms with Gasteiger partial charge in [-0.1, -0.05) is 12.1 Å². The van der Waals surface area contributed by atoms with Gasteiger partial charge in [0.15, 0.2) is 0 Å². The molecule has 1 heterocycles. The summed E-state index contributed by atoms with van der Waals surface area (Å²) in [4.78, 5) is 29.7. The first kappa shape index (κ1) is 19.2. The predicted octanol–water partition coefficient (Wildman–Crippen LogP) is -0.235. The molecule has 2 N–H and O–H groups in total. The lowest BCUT2D eigenvalue weighted by atomic mass is 10.1. The fraction of sp³-hybridized carbons (Fsp3) is 0.556. The van der Waals surface area contributed by atoms with E-state index in [9.17, 15) is 9.59 Å². The van der Waals surface area contributed by atoms with Crippen LogP contribution in [-0.4, -0.2) is 84.3 Å². The predicted molar refractivity (Wildman–Crippen MR) is 95.5 cm³/mol. The van der Waals surface area contributed by atoms with Gasteiger partial charge in [0.25, 0.3) is 0 Å². The van der Waals surface area contributed by atoms with E-state index in [1.165, 1.54) is 21.7 Å². The van der Waals surface area contributed by atoms with E-state index in [0.717, 1.165) is 0 Å². The second-order valence-electron chi connectivity index (χ2n) is 6.24. The molecular formula is C18H27N3O4. The first-order valence-corrected chi connectivity index (χ1v) is 8.60. The molecule has 1 aliphatic heterocycles. The Balaban J connectivity index is 1.98. The van der Waals surface area contributed by atoms with E-state index in [1.807, 2.05) is 6.07 Å². The van der Waals surface area contributed by atoms with Gasteiger partial charge >= 0.3 is 11.8 Å². The lowest BCUT2D eigenvalue weighted by molar-refractivity contribution is -0.152. The van der Waals surface area contributed by atoms with Gasteiger partial charge in [-0.3, -0.25) is 9.59 Å². The number of hydrogen-bond donors (Lipinski definition) is 2. The lowest BCUT2D eigenvalue weighted by Gasteiger charge is -2.37. The van der Waals surface area contributed by atoms with Crippen LogP contribution in [0.3, 0.4) is 0 Å². The smallest absolute Gasteiger partial charge is 0.312 e. The number of carbonyl (C=O) groups excluding carboxylic acids is 2. The monoisotopic (exact) mass is 349 g/mol. The summed E-state index contributed by atoms with van der Waals surface area (Å²) < 4.78 is 0. The largest absolute Gasteiger partial charge is 0.395 e. The van der Waals surface area contributed by atoms with Gasteiger partial charge in [-0.25, -0.2) is 0 Å². The van der Waals surface area contributed by atoms with E-state index in [-0.39, 0.29) is 26.3 Å². The Morgan fingerprint density at radius 2 is 1.64 bits per heavy atom. The van der Waals surface area contributed by atoms with Crippen molar-refractivity contribution in [2.24, 2.45) is 0 Å². The lowest BCUT2D eigenvalue weighted by Crippen LogP contribution is -2.54. The van der Waals surface area contributed by atoms with Crippen LogP contribution in [0.2, 0.25) is 0 Å². The van der Waals surface area contributed by atoms with Crippen molar-refractivity contribution in [3.05, 3.63) is 29.3 Å². The minimum Gasteiger partial charge on any atom is -0.395 e. The molecule has 2 amide bonds. The average Bonchev–Trinajstić information content (AvgIpc) is 2.63. The van der Waals surface area contributed by atoms with E-state index >= 15 is 0 Å². The van der Waals surface area contributed by atoms with Crippen molar-refractivity contribution in [2.75, 3.05) is 57.4 Å². The number of benzene rings is 1. The van der Waals surface area contributed by atoms with E-state index in [0.29, 0.717) is 26.2 Å². The van der Waals surface area contributed by atoms with E-state index < -0.39 is 11.8 Å². The first-order valence-electron chi connectivity index (χ1n) is 8.60. The molecule has 0 saturated carbocycles. The van der Waals surface area contributed by atoms with E-state index in [1.54, 1.807) is 4.90 Å². The molecule has 0 aromatic heterocycles. The molecule has 0 bridgehead atoms. The normalized spacial score (nSPS) is 14.6. The molecule has 1 aromatic carbocycles. The summed E-state index contributed by atoms with van der Waals surface area (Å²) in [5.74, 6) is -1.23. The third kappa shape index (κ3) is 4.49. The number of piperazine rings is 1. The van der Waals surface area contributed by atoms with Crippen LogP contribution < -0.4 is 4.90 Å². The molecule has 1 saturated heterocycles. The Morgan fingerprint density at radius 3 is 2.20 bits per heavy atom. The third-order valence-electron chi connectivity index (χ3n) is 4.69. The van der Waals surface area contributed by atoms with Crippen LogP contribution in [0.5, 0.6) is 0 Å². The molecule has 0 unspecified atom stereocenters. The standard InChI is InChI=1S/C18H27N3O4/c1-14-4-3-5-16(15(14)2)19-6-8-20(9-7-19)17(24)18(25)21(10-12-22)11-13-23/h3-5,22-23H,6-13H2,1-2H3. The number of hydrogen-bond acceptors (Lipinski definition) is 5. The Morgan fingerprint density at radius 1 is 1.04 bits per heavy atom. The summed E-state index contributed by atoms with van der Waals surface area (Å²) in [6, 6.07) is 6.18. The van der Waals surface area contributed by atoms with Gasteiger partial charge in [0, 0.05) is 45.0 Å². The molecule has 0 aliphatic carbocycles. The molecule has 1 fully saturated rings. The number of amides is 2. The van der Waals surface area contributed by atoms with Crippen molar-refractivity contribution < 1.29 is 19.8 Å². The van der Waals surface area contributed by atoms with Crippen molar-refractivity contribution in [2.45, 2.75) is 13.8 Å². The number of carbonyl (C=O) groups is 2. The average molecular weight is 349 g/mol. The molecular weight excluding hydrogens is 322 g/mol. The van der Waals surface area contributed by atoms with Gasteiger partial charge in [0.1, 0.15) is 0 Å². The van der Waals surface area contributed by atoms with Crippen LogP contribution in [0.25, 0.3) is 0 Å². The maximum absolute atomic E-state index is 12.4. The maximum atomic E-state index is 12.4. The number of nitrogens with zero attached hydrogens (tertiary/aromatic N) is 3. The van der Waals surface area contributed by atoms with Crippen molar-refractivity contribution in [1.29, 1.82) is 0 Å². The Kier molecular flexibility index (Phi) is 6.78. The minimum atomic E-state index is -0.664. The van der Waals surface area contributed by atoms with Gasteiger partial charge in [-0.05, 0) is 31.0 Å². The number of aliphatic hydroxyl groups is 2. The summed E-state index contributed by atoms with van der Waals surface area (Å²) in [5.41, 5.74) is 3.63. The molecule has 0 atom stereocenters. The minimum absolute atomic E-state index is 0.0492. The fourth-order valence-electron chi connectivity index (χ4n) is 3.06. The highest BCUT2D eigenvalue weighted by molar-refractivity contribution is 6.34. The highest BCUT2D eigenvalue weighted by atomic mass is 16.3. The van der Waals surface area contributed by atoms with Crippen molar-refractivity contribution in [3.8, 4) is 0 Å². The topological polar surface area (TPSA) is 84.3 Å². The zero-order valence-corrected chi connectivity index (χ0v) is 14.9. The number of aliphatic hydroxyl groups excluding tert-OH is 2. The van der Waals surface area contributed by atoms with Gasteiger partial charge in [-0.15, -0.1) is 0 Å². The second-order valence-corrected chi connectivity index (χ2v) is 6.24. The van der Waals surface area contributed by atoms with Crippen LogP contribution in [0.15, 0.2) is 18.2 Å². The number of anilines is 1. The molecule has 1 aliphatic rings. The van der Waals surface area contributed by atoms with Crippen molar-refractivity contribution in [3.63, 3.8) is 0 Å². The molecule has 0 radical (unpaired) electrons. The van der Waals surface area contributed by atoms with Crippen molar-refractivity contribution >= 4 is 17.5 Å². The molecule has 2 rings (SSSR count). The summed E-state index contributed by atoms with van der Waals surface area (Å²) in [5, 5.41) is 18.0. The molecule has 1 aromatic rings. The third-order valence-corrected chi connectivity index (χ3v) is 4.69. The van der Waals surface area contributed by atoms with Gasteiger partial charge in [0.05, 0.1) is 13.2 Å². The van der Waals surface area contributed by atoms with Crippen molar-refractivity contribution in [1.82, 2.24) is 9.80 Å². The Bertz CT molecular complexity index is 606. The highest BCUT2D eigenvalue weighted by Gasteiger charge is 2.29. The summed E-state index contributed by atoms with van der Waals surface area (Å²) in [6.45, 7) is 6.09. The zero-order valence-electron chi connectivity index (χ0n) is 14.9. The molecule has 7 nitrogen and oxygen atoms in total. The molecule has 7 heteroatoms. The molecule has 138 valence electrons. The Hall–Kier alpha value is -2.12. The zero-order chi connectivity index (χ0) is 18.4. The number of rotatable bonds is 5. The summed E-state index contributed by atoms with van der Waals surface area (Å²) in [7, 11) is 0. The number of aryl methyl sites for hydroxylation is 1. The highest BCUT2D eigenvalue weighted by Crippen LogP contribution is 2.23. The first-order chi connectivity index (χ1) is 12.0. The van der Waals surface area contributed by atoms with Gasteiger partial charge in [-0.2, -0.15) is 0 Å². The molecule has 25 heavy (non-hydrogen) atoms. The van der Waals surface area contributed by atoms with Crippen LogP contribution in [0.4, 0.5) is 5.69 Å². The Labute approximate surface area is 148 Å². The SMILES string of the molecule is Cc1cccc(N2CCN(C(=O)C(=O)N(CCO)CCO)CC2)c1C. The van der Waals surface area contributed by atoms with Crippen LogP contribution in [0.1, 0.15) is 11.1 Å². The molecule has 0 spiro atoms. The van der Waals surface area contributed by atoms with Crippen LogP contribution in [-0.2, 0) is 9.59 Å². The maximum Gasteiger partial charge on any atom is 0.312 e. The van der Waals surface area contributed by atoms with Gasteiger partial charge in [0.2, 0.25) is 0 Å². The summed E-state index contributed by atoms with van der Waals surface area (Å²) in [6.07, 6.45) is 0. The quantitative estimate of drug-likeness (QED) is 0.717. The van der Waals surface area contributed by atoms with Gasteiger partial charge < -0.3 is 24.9 Å². The second kappa shape index (κ2) is 8.82. The summed E-state index contributed by atoms with van der Waals surface area (Å²) >= 11 is 0.